The Balaban J connectivity index is 1.59. The Morgan fingerprint density at radius 2 is 2.00 bits per heavy atom. The fraction of sp³-hybridized carbons (Fsp3) is 0.688. The van der Waals surface area contributed by atoms with Gasteiger partial charge in [-0.2, -0.15) is 0 Å². The molecule has 1 N–H and O–H groups in total. The van der Waals surface area contributed by atoms with Crippen molar-refractivity contribution in [3.63, 3.8) is 0 Å². The van der Waals surface area contributed by atoms with Gasteiger partial charge in [0, 0.05) is 50.1 Å². The lowest BCUT2D eigenvalue weighted by Gasteiger charge is -2.39. The number of piperidine rings is 1. The number of hydrogen-bond donors (Lipinski definition) is 1. The lowest BCUT2D eigenvalue weighted by atomic mass is 9.99. The fourth-order valence-electron chi connectivity index (χ4n) is 3.54. The summed E-state index contributed by atoms with van der Waals surface area (Å²) in [5, 5.41) is 14.5. The zero-order chi connectivity index (χ0) is 16.2. The Bertz CT molecular complexity index is 552. The maximum Gasteiger partial charge on any atom is 0.314 e. The fourth-order valence-corrected chi connectivity index (χ4v) is 3.54. The van der Waals surface area contributed by atoms with Gasteiger partial charge < -0.3 is 15.0 Å². The molecule has 1 aromatic rings. The second kappa shape index (κ2) is 7.23. The van der Waals surface area contributed by atoms with Crippen LogP contribution >= 0.6 is 0 Å². The van der Waals surface area contributed by atoms with Gasteiger partial charge in [0.25, 0.3) is 0 Å². The molecule has 2 aliphatic rings. The summed E-state index contributed by atoms with van der Waals surface area (Å²) in [4.78, 5) is 17.6. The van der Waals surface area contributed by atoms with Crippen LogP contribution in [0.5, 0.6) is 0 Å². The lowest BCUT2D eigenvalue weighted by Crippen LogP contribution is -2.46. The van der Waals surface area contributed by atoms with Gasteiger partial charge >= 0.3 is 5.69 Å². The van der Waals surface area contributed by atoms with Gasteiger partial charge in [0.05, 0.1) is 4.92 Å². The third-order valence-electron chi connectivity index (χ3n) is 4.89. The van der Waals surface area contributed by atoms with Crippen molar-refractivity contribution in [2.75, 3.05) is 31.6 Å². The van der Waals surface area contributed by atoms with E-state index in [-0.39, 0.29) is 16.7 Å². The highest BCUT2D eigenvalue weighted by Gasteiger charge is 2.28. The van der Waals surface area contributed by atoms with Gasteiger partial charge in [-0.3, -0.25) is 10.1 Å². The van der Waals surface area contributed by atoms with E-state index in [0.717, 1.165) is 52.0 Å². The first kappa shape index (κ1) is 16.1. The van der Waals surface area contributed by atoms with E-state index in [0.29, 0.717) is 17.4 Å². The number of anilines is 1. The molecule has 0 atom stereocenters. The van der Waals surface area contributed by atoms with Crippen LogP contribution in [-0.4, -0.2) is 53.2 Å². The van der Waals surface area contributed by atoms with Crippen molar-refractivity contribution in [2.45, 2.75) is 44.7 Å². The molecule has 7 nitrogen and oxygen atoms in total. The van der Waals surface area contributed by atoms with Crippen molar-refractivity contribution in [3.8, 4) is 0 Å². The number of ether oxygens (including phenoxy) is 1. The Kier molecular flexibility index (Phi) is 5.07. The topological polar surface area (TPSA) is 80.5 Å². The second-order valence-electron chi connectivity index (χ2n) is 6.38. The minimum Gasteiger partial charge on any atom is -0.381 e. The molecule has 2 fully saturated rings. The highest BCUT2D eigenvalue weighted by Crippen LogP contribution is 2.28. The molecule has 2 saturated heterocycles. The van der Waals surface area contributed by atoms with Crippen LogP contribution in [-0.2, 0) is 4.74 Å². The SMILES string of the molecule is Cc1ccnc(NC2CCN(C3CCOCC3)CC2)c1[N+](=O)[O-]. The second-order valence-corrected chi connectivity index (χ2v) is 6.38. The van der Waals surface area contributed by atoms with Gasteiger partial charge in [0.1, 0.15) is 0 Å². The summed E-state index contributed by atoms with van der Waals surface area (Å²) in [5.41, 5.74) is 0.742. The third-order valence-corrected chi connectivity index (χ3v) is 4.89. The number of nitro groups is 1. The van der Waals surface area contributed by atoms with Crippen molar-refractivity contribution >= 4 is 11.5 Å². The van der Waals surface area contributed by atoms with E-state index >= 15 is 0 Å². The van der Waals surface area contributed by atoms with E-state index in [1.807, 2.05) is 0 Å². The van der Waals surface area contributed by atoms with Crippen LogP contribution < -0.4 is 5.32 Å². The van der Waals surface area contributed by atoms with Crippen LogP contribution in [0.3, 0.4) is 0 Å². The summed E-state index contributed by atoms with van der Waals surface area (Å²) in [7, 11) is 0. The summed E-state index contributed by atoms with van der Waals surface area (Å²) in [6.07, 6.45) is 5.84. The van der Waals surface area contributed by atoms with Gasteiger partial charge in [-0.05, 0) is 38.7 Å². The largest absolute Gasteiger partial charge is 0.381 e. The van der Waals surface area contributed by atoms with Gasteiger partial charge in [-0.25, -0.2) is 4.98 Å². The smallest absolute Gasteiger partial charge is 0.314 e. The van der Waals surface area contributed by atoms with Crippen molar-refractivity contribution < 1.29 is 9.66 Å². The van der Waals surface area contributed by atoms with E-state index in [1.54, 1.807) is 19.2 Å². The average molecular weight is 320 g/mol. The van der Waals surface area contributed by atoms with Crippen LogP contribution in [0.25, 0.3) is 0 Å². The van der Waals surface area contributed by atoms with E-state index < -0.39 is 0 Å². The predicted molar refractivity (Wildman–Crippen MR) is 87.7 cm³/mol. The van der Waals surface area contributed by atoms with Gasteiger partial charge in [0.2, 0.25) is 5.82 Å². The molecule has 7 heteroatoms. The molecule has 0 amide bonds. The summed E-state index contributed by atoms with van der Waals surface area (Å²) >= 11 is 0. The maximum atomic E-state index is 11.2. The molecule has 0 bridgehead atoms. The number of aromatic nitrogens is 1. The summed E-state index contributed by atoms with van der Waals surface area (Å²) in [5.74, 6) is 0.402. The molecule has 0 radical (unpaired) electrons. The minimum atomic E-state index is -0.345. The third kappa shape index (κ3) is 3.79. The zero-order valence-corrected chi connectivity index (χ0v) is 13.5. The van der Waals surface area contributed by atoms with Crippen molar-refractivity contribution in [1.29, 1.82) is 0 Å². The van der Waals surface area contributed by atoms with E-state index in [9.17, 15) is 10.1 Å². The highest BCUT2D eigenvalue weighted by molar-refractivity contribution is 5.60. The van der Waals surface area contributed by atoms with Gasteiger partial charge in [-0.1, -0.05) is 0 Å². The molecule has 0 spiro atoms. The Hall–Kier alpha value is -1.73. The predicted octanol–water partition coefficient (Wildman–Crippen LogP) is 2.35. The van der Waals surface area contributed by atoms with Crippen LogP contribution in [0.2, 0.25) is 0 Å². The average Bonchev–Trinajstić information content (AvgIpc) is 2.56. The van der Waals surface area contributed by atoms with Crippen molar-refractivity contribution in [3.05, 3.63) is 27.9 Å². The summed E-state index contributed by atoms with van der Waals surface area (Å²) < 4.78 is 5.43. The van der Waals surface area contributed by atoms with Gasteiger partial charge in [-0.15, -0.1) is 0 Å². The Labute approximate surface area is 136 Å². The molecule has 0 unspecified atom stereocenters. The van der Waals surface area contributed by atoms with Crippen LogP contribution in [0.4, 0.5) is 11.5 Å². The lowest BCUT2D eigenvalue weighted by molar-refractivity contribution is -0.384. The maximum absolute atomic E-state index is 11.2. The Morgan fingerprint density at radius 1 is 1.30 bits per heavy atom. The number of nitrogens with zero attached hydrogens (tertiary/aromatic N) is 3. The monoisotopic (exact) mass is 320 g/mol. The molecule has 3 rings (SSSR count). The molecule has 0 saturated carbocycles. The zero-order valence-electron chi connectivity index (χ0n) is 13.5. The van der Waals surface area contributed by atoms with Crippen molar-refractivity contribution in [2.24, 2.45) is 0 Å². The standard InChI is InChI=1S/C16H24N4O3/c1-12-2-7-17-16(15(12)20(21)22)18-13-3-8-19(9-4-13)14-5-10-23-11-6-14/h2,7,13-14H,3-6,8-11H2,1H3,(H,17,18). The van der Waals surface area contributed by atoms with E-state index in [4.69, 9.17) is 4.74 Å². The first-order chi connectivity index (χ1) is 11.1. The molecule has 2 aliphatic heterocycles. The molecular weight excluding hydrogens is 296 g/mol. The first-order valence-electron chi connectivity index (χ1n) is 8.33. The number of pyridine rings is 1. The molecule has 126 valence electrons. The molecule has 23 heavy (non-hydrogen) atoms. The van der Waals surface area contributed by atoms with Crippen LogP contribution in [0, 0.1) is 17.0 Å². The van der Waals surface area contributed by atoms with Crippen molar-refractivity contribution in [1.82, 2.24) is 9.88 Å². The van der Waals surface area contributed by atoms with E-state index in [2.05, 4.69) is 15.2 Å². The molecule has 0 aromatic carbocycles. The molecular formula is C16H24N4O3. The van der Waals surface area contributed by atoms with E-state index in [1.165, 1.54) is 0 Å². The molecule has 0 aliphatic carbocycles. The summed E-state index contributed by atoms with van der Waals surface area (Å²) in [6, 6.07) is 2.56. The van der Waals surface area contributed by atoms with Crippen LogP contribution in [0.1, 0.15) is 31.2 Å². The van der Waals surface area contributed by atoms with Gasteiger partial charge in [0.15, 0.2) is 0 Å². The number of rotatable bonds is 4. The highest BCUT2D eigenvalue weighted by atomic mass is 16.6. The summed E-state index contributed by atoms with van der Waals surface area (Å²) in [6.45, 7) is 5.53. The molecule has 3 heterocycles. The number of likely N-dealkylation sites (tertiary alicyclic amines) is 1. The minimum absolute atomic E-state index is 0.0966. The Morgan fingerprint density at radius 3 is 2.65 bits per heavy atom. The first-order valence-corrected chi connectivity index (χ1v) is 8.33. The quantitative estimate of drug-likeness (QED) is 0.677. The van der Waals surface area contributed by atoms with Crippen LogP contribution in [0.15, 0.2) is 12.3 Å². The number of nitrogens with one attached hydrogen (secondary N) is 1. The molecule has 1 aromatic heterocycles. The number of aryl methyl sites for hydroxylation is 1. The number of hydrogen-bond acceptors (Lipinski definition) is 6. The normalized spacial score (nSPS) is 21.3.